The molecule has 0 atom stereocenters. The zero-order valence-electron chi connectivity index (χ0n) is 16.3. The molecule has 162 valence electrons. The molecule has 0 bridgehead atoms. The zero-order chi connectivity index (χ0) is 21.6. The fraction of sp³-hybridized carbons (Fsp3) is 0.300. The van der Waals surface area contributed by atoms with Gasteiger partial charge in [0.15, 0.2) is 10.6 Å². The van der Waals surface area contributed by atoms with E-state index >= 15 is 0 Å². The van der Waals surface area contributed by atoms with Crippen LogP contribution in [0.4, 0.5) is 11.6 Å². The van der Waals surface area contributed by atoms with Gasteiger partial charge in [-0.1, -0.05) is 11.8 Å². The molecular formula is C20H19N3O6S2. The number of hydrogen-bond acceptors (Lipinski definition) is 9. The standard InChI is InChI=1S/C20H19N3O6S2/c24-17(6-3-14-4-7-18(29-14)23(25)26)21-13-2-5-15-16(12-13)31-20(22-15)30-11-8-19-27-9-1-10-28-19/h2-7,12,19H,1,8-11H2,(H,21,24). The Hall–Kier alpha value is -2.73. The Morgan fingerprint density at radius 1 is 1.32 bits per heavy atom. The SMILES string of the molecule is O=C(C=Cc1ccc([N+](=O)[O-])o1)Nc1ccc2nc(SCCC3OCCCO3)sc2c1. The van der Waals surface area contributed by atoms with Crippen LogP contribution < -0.4 is 5.32 Å². The summed E-state index contributed by atoms with van der Waals surface area (Å²) in [5.74, 6) is 0.336. The molecule has 0 spiro atoms. The minimum Gasteiger partial charge on any atom is -0.401 e. The molecule has 4 rings (SSSR count). The van der Waals surface area contributed by atoms with E-state index in [2.05, 4.69) is 10.3 Å². The smallest absolute Gasteiger partial charge is 0.401 e. The van der Waals surface area contributed by atoms with Gasteiger partial charge in [-0.05, 0) is 36.8 Å². The van der Waals surface area contributed by atoms with Crippen LogP contribution in [0.5, 0.6) is 0 Å². The lowest BCUT2D eigenvalue weighted by Crippen LogP contribution is -2.25. The number of rotatable bonds is 8. The van der Waals surface area contributed by atoms with Crippen molar-refractivity contribution in [1.29, 1.82) is 0 Å². The van der Waals surface area contributed by atoms with E-state index in [1.54, 1.807) is 29.2 Å². The van der Waals surface area contributed by atoms with Crippen LogP contribution in [0.3, 0.4) is 0 Å². The van der Waals surface area contributed by atoms with E-state index in [-0.39, 0.29) is 23.8 Å². The molecule has 11 heteroatoms. The number of ether oxygens (including phenoxy) is 2. The largest absolute Gasteiger partial charge is 0.433 e. The number of nitrogens with one attached hydrogen (secondary N) is 1. The van der Waals surface area contributed by atoms with E-state index in [1.165, 1.54) is 24.3 Å². The third-order valence-corrected chi connectivity index (χ3v) is 6.50. The third-order valence-electron chi connectivity index (χ3n) is 4.30. The maximum Gasteiger partial charge on any atom is 0.433 e. The van der Waals surface area contributed by atoms with Crippen LogP contribution in [0.15, 0.2) is 45.2 Å². The summed E-state index contributed by atoms with van der Waals surface area (Å²) >= 11 is 3.22. The molecule has 1 N–H and O–H groups in total. The highest BCUT2D eigenvalue weighted by atomic mass is 32.2. The highest BCUT2D eigenvalue weighted by Crippen LogP contribution is 2.32. The second kappa shape index (κ2) is 10.1. The van der Waals surface area contributed by atoms with E-state index in [0.29, 0.717) is 5.69 Å². The Morgan fingerprint density at radius 2 is 2.16 bits per heavy atom. The number of carbonyl (C=O) groups is 1. The van der Waals surface area contributed by atoms with Gasteiger partial charge in [0.05, 0.1) is 29.5 Å². The number of fused-ring (bicyclic) bond motifs is 1. The van der Waals surface area contributed by atoms with Gasteiger partial charge in [-0.15, -0.1) is 11.3 Å². The number of nitrogens with zero attached hydrogens (tertiary/aromatic N) is 2. The molecule has 2 aromatic heterocycles. The van der Waals surface area contributed by atoms with Gasteiger partial charge in [-0.2, -0.15) is 0 Å². The molecule has 1 amide bonds. The van der Waals surface area contributed by atoms with Gasteiger partial charge in [-0.25, -0.2) is 4.98 Å². The first-order valence-electron chi connectivity index (χ1n) is 9.57. The minimum absolute atomic E-state index is 0.127. The molecule has 0 saturated carbocycles. The van der Waals surface area contributed by atoms with Crippen LogP contribution in [0, 0.1) is 10.1 Å². The molecule has 1 aromatic carbocycles. The van der Waals surface area contributed by atoms with Gasteiger partial charge >= 0.3 is 5.88 Å². The number of anilines is 1. The predicted octanol–water partition coefficient (Wildman–Crippen LogP) is 4.69. The second-order valence-electron chi connectivity index (χ2n) is 6.58. The van der Waals surface area contributed by atoms with Crippen molar-refractivity contribution in [1.82, 2.24) is 4.98 Å². The molecule has 0 aliphatic carbocycles. The Labute approximate surface area is 185 Å². The van der Waals surface area contributed by atoms with Gasteiger partial charge in [0.1, 0.15) is 10.7 Å². The third kappa shape index (κ3) is 5.91. The summed E-state index contributed by atoms with van der Waals surface area (Å²) in [6.45, 7) is 1.50. The van der Waals surface area contributed by atoms with Crippen LogP contribution in [0.25, 0.3) is 16.3 Å². The van der Waals surface area contributed by atoms with Crippen LogP contribution in [0.2, 0.25) is 0 Å². The van der Waals surface area contributed by atoms with Crippen molar-refractivity contribution in [3.63, 3.8) is 0 Å². The first kappa shape index (κ1) is 21.5. The first-order valence-corrected chi connectivity index (χ1v) is 11.4. The fourth-order valence-electron chi connectivity index (χ4n) is 2.86. The number of aromatic nitrogens is 1. The van der Waals surface area contributed by atoms with Crippen LogP contribution >= 0.6 is 23.1 Å². The van der Waals surface area contributed by atoms with Crippen molar-refractivity contribution in [2.75, 3.05) is 24.3 Å². The number of nitro groups is 1. The van der Waals surface area contributed by atoms with Crippen molar-refractivity contribution in [2.24, 2.45) is 0 Å². The minimum atomic E-state index is -0.633. The van der Waals surface area contributed by atoms with Crippen molar-refractivity contribution in [3.05, 3.63) is 52.3 Å². The molecule has 31 heavy (non-hydrogen) atoms. The molecular weight excluding hydrogens is 442 g/mol. The average molecular weight is 462 g/mol. The lowest BCUT2D eigenvalue weighted by molar-refractivity contribution is -0.402. The Morgan fingerprint density at radius 3 is 2.94 bits per heavy atom. The lowest BCUT2D eigenvalue weighted by Gasteiger charge is -2.22. The second-order valence-corrected chi connectivity index (χ2v) is 8.95. The zero-order valence-corrected chi connectivity index (χ0v) is 17.9. The fourth-order valence-corrected chi connectivity index (χ4v) is 5.00. The van der Waals surface area contributed by atoms with E-state index < -0.39 is 4.92 Å². The molecule has 1 fully saturated rings. The van der Waals surface area contributed by atoms with Crippen molar-refractivity contribution >= 4 is 56.9 Å². The summed E-state index contributed by atoms with van der Waals surface area (Å²) in [4.78, 5) is 26.8. The Balaban J connectivity index is 1.32. The van der Waals surface area contributed by atoms with E-state index in [4.69, 9.17) is 13.9 Å². The van der Waals surface area contributed by atoms with E-state index in [0.717, 1.165) is 46.4 Å². The summed E-state index contributed by atoms with van der Waals surface area (Å²) in [5, 5.41) is 13.4. The van der Waals surface area contributed by atoms with E-state index in [9.17, 15) is 14.9 Å². The van der Waals surface area contributed by atoms with Crippen LogP contribution in [-0.4, -0.2) is 41.1 Å². The van der Waals surface area contributed by atoms with Crippen molar-refractivity contribution in [3.8, 4) is 0 Å². The average Bonchev–Trinajstić information content (AvgIpc) is 3.39. The summed E-state index contributed by atoms with van der Waals surface area (Å²) in [7, 11) is 0. The number of amides is 1. The maximum absolute atomic E-state index is 12.1. The number of furan rings is 1. The molecule has 0 unspecified atom stereocenters. The Kier molecular flexibility index (Phi) is 6.97. The predicted molar refractivity (Wildman–Crippen MR) is 118 cm³/mol. The lowest BCUT2D eigenvalue weighted by atomic mass is 10.3. The van der Waals surface area contributed by atoms with E-state index in [1.807, 2.05) is 12.1 Å². The number of thioether (sulfide) groups is 1. The quantitative estimate of drug-likeness (QED) is 0.222. The van der Waals surface area contributed by atoms with Gasteiger partial charge in [0.25, 0.3) is 0 Å². The number of carbonyl (C=O) groups excluding carboxylic acids is 1. The summed E-state index contributed by atoms with van der Waals surface area (Å²) in [5.41, 5.74) is 1.51. The molecule has 1 aliphatic heterocycles. The van der Waals surface area contributed by atoms with Crippen molar-refractivity contribution in [2.45, 2.75) is 23.5 Å². The summed E-state index contributed by atoms with van der Waals surface area (Å²) < 4.78 is 18.0. The normalized spacial score (nSPS) is 15.0. The molecule has 1 aliphatic rings. The van der Waals surface area contributed by atoms with Gasteiger partial charge in [-0.3, -0.25) is 14.9 Å². The highest BCUT2D eigenvalue weighted by Gasteiger charge is 2.15. The highest BCUT2D eigenvalue weighted by molar-refractivity contribution is 8.01. The molecule has 3 heterocycles. The summed E-state index contributed by atoms with van der Waals surface area (Å²) in [6, 6.07) is 8.17. The molecule has 3 aromatic rings. The van der Waals surface area contributed by atoms with Crippen LogP contribution in [-0.2, 0) is 14.3 Å². The number of hydrogen-bond donors (Lipinski definition) is 1. The van der Waals surface area contributed by atoms with Gasteiger partial charge < -0.3 is 19.2 Å². The summed E-state index contributed by atoms with van der Waals surface area (Å²) in [6.07, 6.45) is 4.27. The van der Waals surface area contributed by atoms with Crippen LogP contribution in [0.1, 0.15) is 18.6 Å². The molecule has 9 nitrogen and oxygen atoms in total. The van der Waals surface area contributed by atoms with Gasteiger partial charge in [0, 0.05) is 23.9 Å². The van der Waals surface area contributed by atoms with Crippen molar-refractivity contribution < 1.29 is 23.6 Å². The molecule has 1 saturated heterocycles. The Bertz CT molecular complexity index is 1100. The van der Waals surface area contributed by atoms with Gasteiger partial charge in [0.2, 0.25) is 5.91 Å². The monoisotopic (exact) mass is 461 g/mol. The molecule has 0 radical (unpaired) electrons. The number of thiazole rings is 1. The number of benzene rings is 1. The topological polar surface area (TPSA) is 117 Å². The maximum atomic E-state index is 12.1. The first-order chi connectivity index (χ1) is 15.1.